The summed E-state index contributed by atoms with van der Waals surface area (Å²) in [5.41, 5.74) is 3.81. The Bertz CT molecular complexity index is 1710. The molecule has 0 spiro atoms. The number of hydrogen-bond acceptors (Lipinski definition) is 7. The zero-order chi connectivity index (χ0) is 27.0. The summed E-state index contributed by atoms with van der Waals surface area (Å²) in [5, 5.41) is 23.6. The van der Waals surface area contributed by atoms with Crippen molar-refractivity contribution >= 4 is 34.5 Å². The van der Waals surface area contributed by atoms with Gasteiger partial charge < -0.3 is 10.1 Å². The van der Waals surface area contributed by atoms with Crippen molar-refractivity contribution in [3.63, 3.8) is 0 Å². The number of carbonyl (C=O) groups is 1. The molecule has 2 aromatic carbocycles. The molecule has 0 saturated heterocycles. The van der Waals surface area contributed by atoms with Crippen molar-refractivity contribution in [2.75, 3.05) is 5.32 Å². The topological polar surface area (TPSA) is 129 Å². The molecule has 0 bridgehead atoms. The number of hydrogen-bond donors (Lipinski definition) is 1. The number of aryl methyl sites for hydroxylation is 2. The Hall–Kier alpha value is -4.77. The summed E-state index contributed by atoms with van der Waals surface area (Å²) in [6.45, 7) is 6.49. The van der Waals surface area contributed by atoms with Crippen LogP contribution in [-0.2, 0) is 6.54 Å². The van der Waals surface area contributed by atoms with E-state index in [0.29, 0.717) is 16.4 Å². The monoisotopic (exact) mass is 531 g/mol. The van der Waals surface area contributed by atoms with Gasteiger partial charge in [-0.2, -0.15) is 10.2 Å². The van der Waals surface area contributed by atoms with Crippen LogP contribution in [-0.4, -0.2) is 35.2 Å². The molecule has 192 valence electrons. The van der Waals surface area contributed by atoms with Crippen LogP contribution in [0.4, 0.5) is 11.4 Å². The zero-order valence-corrected chi connectivity index (χ0v) is 21.4. The van der Waals surface area contributed by atoms with Gasteiger partial charge >= 0.3 is 0 Å². The molecule has 11 nitrogen and oxygen atoms in total. The quantitative estimate of drug-likeness (QED) is 0.206. The van der Waals surface area contributed by atoms with Crippen LogP contribution in [0.15, 0.2) is 60.9 Å². The molecule has 1 N–H and O–H groups in total. The van der Waals surface area contributed by atoms with Crippen LogP contribution in [0.5, 0.6) is 11.5 Å². The van der Waals surface area contributed by atoms with Crippen LogP contribution in [0.1, 0.15) is 28.7 Å². The lowest BCUT2D eigenvalue weighted by Gasteiger charge is -2.11. The molecule has 0 aliphatic heterocycles. The highest BCUT2D eigenvalue weighted by Gasteiger charge is 2.19. The number of rotatable bonds is 7. The predicted molar refractivity (Wildman–Crippen MR) is 142 cm³/mol. The fraction of sp³-hybridized carbons (Fsp3) is 0.154. The van der Waals surface area contributed by atoms with E-state index in [1.54, 1.807) is 47.2 Å². The van der Waals surface area contributed by atoms with Crippen molar-refractivity contribution in [2.24, 2.45) is 0 Å². The number of halogens is 1. The van der Waals surface area contributed by atoms with Crippen LogP contribution in [0.3, 0.4) is 0 Å². The van der Waals surface area contributed by atoms with E-state index in [-0.39, 0.29) is 22.8 Å². The minimum atomic E-state index is -0.559. The number of anilines is 1. The average Bonchev–Trinajstić information content (AvgIpc) is 3.49. The lowest BCUT2D eigenvalue weighted by Crippen LogP contribution is -2.13. The lowest BCUT2D eigenvalue weighted by molar-refractivity contribution is -0.384. The standard InChI is InChI=1S/C26H22ClN7O4/c1-4-32-16(3)21(14-29-32)23-7-8-28-25-13-22(31-33(23)25)26(35)30-18-10-19(34(36)37)12-20(11-18)38-24-6-5-17(27)9-15(24)2/h5-14H,4H2,1-3H3,(H,30,35). The van der Waals surface area contributed by atoms with Gasteiger partial charge in [-0.05, 0) is 50.6 Å². The second kappa shape index (κ2) is 9.94. The van der Waals surface area contributed by atoms with Gasteiger partial charge in [-0.25, -0.2) is 9.50 Å². The Morgan fingerprint density at radius 3 is 2.68 bits per heavy atom. The largest absolute Gasteiger partial charge is 0.457 e. The van der Waals surface area contributed by atoms with Gasteiger partial charge in [0.15, 0.2) is 11.3 Å². The van der Waals surface area contributed by atoms with Crippen molar-refractivity contribution in [2.45, 2.75) is 27.3 Å². The highest BCUT2D eigenvalue weighted by molar-refractivity contribution is 6.30. The van der Waals surface area contributed by atoms with Crippen LogP contribution in [0.25, 0.3) is 16.9 Å². The summed E-state index contributed by atoms with van der Waals surface area (Å²) < 4.78 is 9.31. The summed E-state index contributed by atoms with van der Waals surface area (Å²) in [6, 6.07) is 12.4. The summed E-state index contributed by atoms with van der Waals surface area (Å²) in [4.78, 5) is 28.5. The Kier molecular flexibility index (Phi) is 6.52. The number of fused-ring (bicyclic) bond motifs is 1. The Morgan fingerprint density at radius 2 is 1.97 bits per heavy atom. The van der Waals surface area contributed by atoms with E-state index < -0.39 is 10.8 Å². The molecular formula is C26H22ClN7O4. The first-order chi connectivity index (χ1) is 18.2. The molecule has 5 rings (SSSR count). The van der Waals surface area contributed by atoms with Crippen molar-refractivity contribution < 1.29 is 14.5 Å². The van der Waals surface area contributed by atoms with E-state index in [4.69, 9.17) is 16.3 Å². The Labute approximate surface area is 221 Å². The zero-order valence-electron chi connectivity index (χ0n) is 20.7. The maximum absolute atomic E-state index is 13.1. The summed E-state index contributed by atoms with van der Waals surface area (Å²) in [6.07, 6.45) is 3.39. The number of amides is 1. The van der Waals surface area contributed by atoms with Crippen LogP contribution >= 0.6 is 11.6 Å². The van der Waals surface area contributed by atoms with E-state index in [2.05, 4.69) is 20.5 Å². The minimum absolute atomic E-state index is 0.0907. The van der Waals surface area contributed by atoms with Gasteiger partial charge in [0.25, 0.3) is 11.6 Å². The van der Waals surface area contributed by atoms with Gasteiger partial charge in [-0.3, -0.25) is 19.6 Å². The molecule has 0 saturated carbocycles. The SMILES string of the molecule is CCn1ncc(-c2ccnc3cc(C(=O)Nc4cc(Oc5ccc(Cl)cc5C)cc([N+](=O)[O-])c4)nn23)c1C. The van der Waals surface area contributed by atoms with Crippen molar-refractivity contribution in [3.05, 3.63) is 93.0 Å². The number of benzene rings is 2. The van der Waals surface area contributed by atoms with Gasteiger partial charge in [-0.1, -0.05) is 11.6 Å². The molecule has 5 aromatic rings. The molecule has 3 aromatic heterocycles. The van der Waals surface area contributed by atoms with Crippen molar-refractivity contribution in [1.29, 1.82) is 0 Å². The van der Waals surface area contributed by atoms with Gasteiger partial charge in [0.2, 0.25) is 0 Å². The highest BCUT2D eigenvalue weighted by atomic mass is 35.5. The predicted octanol–water partition coefficient (Wildman–Crippen LogP) is 5.84. The van der Waals surface area contributed by atoms with Crippen LogP contribution in [0.2, 0.25) is 5.02 Å². The van der Waals surface area contributed by atoms with Crippen molar-refractivity contribution in [3.8, 4) is 22.8 Å². The molecule has 0 atom stereocenters. The Balaban J connectivity index is 1.46. The molecule has 0 fully saturated rings. The van der Waals surface area contributed by atoms with Gasteiger partial charge in [0.05, 0.1) is 28.6 Å². The number of ether oxygens (including phenoxy) is 1. The first-order valence-corrected chi connectivity index (χ1v) is 12.0. The normalized spacial score (nSPS) is 11.1. The molecule has 38 heavy (non-hydrogen) atoms. The highest BCUT2D eigenvalue weighted by Crippen LogP contribution is 2.32. The smallest absolute Gasteiger partial charge is 0.276 e. The number of carbonyl (C=O) groups excluding carboxylic acids is 1. The van der Waals surface area contributed by atoms with Gasteiger partial charge in [-0.15, -0.1) is 0 Å². The second-order valence-electron chi connectivity index (χ2n) is 8.53. The number of nitro benzene ring substituents is 1. The second-order valence-corrected chi connectivity index (χ2v) is 8.96. The number of nitrogens with zero attached hydrogens (tertiary/aromatic N) is 6. The van der Waals surface area contributed by atoms with Crippen LogP contribution in [0, 0.1) is 24.0 Å². The summed E-state index contributed by atoms with van der Waals surface area (Å²) in [7, 11) is 0. The van der Waals surface area contributed by atoms with E-state index in [9.17, 15) is 14.9 Å². The molecule has 0 aliphatic rings. The summed E-state index contributed by atoms with van der Waals surface area (Å²) in [5.74, 6) is 0.103. The first-order valence-electron chi connectivity index (χ1n) is 11.7. The number of non-ortho nitro benzene ring substituents is 1. The maximum atomic E-state index is 13.1. The van der Waals surface area contributed by atoms with Crippen LogP contribution < -0.4 is 10.1 Å². The third kappa shape index (κ3) is 4.78. The maximum Gasteiger partial charge on any atom is 0.276 e. The molecule has 0 unspecified atom stereocenters. The molecule has 3 heterocycles. The molecule has 12 heteroatoms. The Morgan fingerprint density at radius 1 is 1.16 bits per heavy atom. The molecule has 1 amide bonds. The van der Waals surface area contributed by atoms with E-state index >= 15 is 0 Å². The summed E-state index contributed by atoms with van der Waals surface area (Å²) >= 11 is 6.01. The third-order valence-electron chi connectivity index (χ3n) is 5.99. The van der Waals surface area contributed by atoms with Crippen molar-refractivity contribution in [1.82, 2.24) is 24.4 Å². The van der Waals surface area contributed by atoms with E-state index in [1.807, 2.05) is 25.5 Å². The number of nitrogens with one attached hydrogen (secondary N) is 1. The molecule has 0 radical (unpaired) electrons. The molecular weight excluding hydrogens is 510 g/mol. The third-order valence-corrected chi connectivity index (χ3v) is 6.23. The van der Waals surface area contributed by atoms with Gasteiger partial charge in [0, 0.05) is 47.2 Å². The molecule has 0 aliphatic carbocycles. The average molecular weight is 532 g/mol. The minimum Gasteiger partial charge on any atom is -0.457 e. The number of nitro groups is 1. The number of aromatic nitrogens is 5. The van der Waals surface area contributed by atoms with E-state index in [0.717, 1.165) is 29.1 Å². The lowest BCUT2D eigenvalue weighted by atomic mass is 10.2. The van der Waals surface area contributed by atoms with E-state index in [1.165, 1.54) is 18.2 Å². The fourth-order valence-corrected chi connectivity index (χ4v) is 4.32. The fourth-order valence-electron chi connectivity index (χ4n) is 4.10. The first kappa shape index (κ1) is 24.9. The van der Waals surface area contributed by atoms with Gasteiger partial charge in [0.1, 0.15) is 11.5 Å².